The number of hydrogen-bond acceptors (Lipinski definition) is 3. The van der Waals surface area contributed by atoms with Gasteiger partial charge in [-0.1, -0.05) is 6.42 Å². The number of piperidine rings is 4. The summed E-state index contributed by atoms with van der Waals surface area (Å²) in [6.07, 6.45) is 6.06. The number of amides is 1. The van der Waals surface area contributed by atoms with Crippen LogP contribution in [-0.4, -0.2) is 58.6 Å². The summed E-state index contributed by atoms with van der Waals surface area (Å²) in [5.41, 5.74) is 0. The molecular weight excluding hydrogens is 240 g/mol. The van der Waals surface area contributed by atoms with Crippen LogP contribution in [0, 0.1) is 11.8 Å². The van der Waals surface area contributed by atoms with Crippen LogP contribution in [0.4, 0.5) is 0 Å². The molecule has 4 rings (SSSR count). The summed E-state index contributed by atoms with van der Waals surface area (Å²) in [5.74, 6) is 1.49. The van der Waals surface area contributed by atoms with Crippen molar-refractivity contribution in [2.24, 2.45) is 11.8 Å². The van der Waals surface area contributed by atoms with E-state index in [1.807, 2.05) is 0 Å². The highest BCUT2D eigenvalue weighted by Gasteiger charge is 2.49. The molecule has 0 saturated carbocycles. The molecule has 4 saturated heterocycles. The molecule has 4 aliphatic rings. The van der Waals surface area contributed by atoms with Gasteiger partial charge in [0.2, 0.25) is 5.91 Å². The van der Waals surface area contributed by atoms with E-state index in [-0.39, 0.29) is 5.91 Å². The standard InChI is InChI=1S/C15H24N2O2/c18-12-6-14-10-5-11(9-17(14)15(19)7-12)13-3-1-2-4-16(13)8-10/h10-14,18H,1-9H2/t10-,11-,12-,13+,14+/m0/s1. The fourth-order valence-electron chi connectivity index (χ4n) is 5.10. The molecule has 2 bridgehead atoms. The molecule has 0 aliphatic carbocycles. The molecular formula is C15H24N2O2. The van der Waals surface area contributed by atoms with Gasteiger partial charge in [0.1, 0.15) is 0 Å². The fourth-order valence-corrected chi connectivity index (χ4v) is 5.10. The average molecular weight is 264 g/mol. The van der Waals surface area contributed by atoms with Crippen LogP contribution >= 0.6 is 0 Å². The Hall–Kier alpha value is -0.610. The molecule has 1 amide bonds. The van der Waals surface area contributed by atoms with Crippen LogP contribution in [0.2, 0.25) is 0 Å². The predicted octanol–water partition coefficient (Wildman–Crippen LogP) is 0.843. The van der Waals surface area contributed by atoms with E-state index in [9.17, 15) is 9.90 Å². The predicted molar refractivity (Wildman–Crippen MR) is 71.6 cm³/mol. The summed E-state index contributed by atoms with van der Waals surface area (Å²) in [5, 5.41) is 9.89. The highest BCUT2D eigenvalue weighted by molar-refractivity contribution is 5.78. The molecule has 4 fully saturated rings. The summed E-state index contributed by atoms with van der Waals surface area (Å²) in [4.78, 5) is 17.0. The number of carbonyl (C=O) groups excluding carboxylic acids is 1. The third-order valence-corrected chi connectivity index (χ3v) is 5.90. The highest BCUT2D eigenvalue weighted by atomic mass is 16.3. The second kappa shape index (κ2) is 4.45. The van der Waals surface area contributed by atoms with E-state index < -0.39 is 6.10 Å². The Morgan fingerprint density at radius 1 is 1.05 bits per heavy atom. The summed E-state index contributed by atoms with van der Waals surface area (Å²) < 4.78 is 0. The molecule has 0 aromatic carbocycles. The lowest BCUT2D eigenvalue weighted by molar-refractivity contribution is -0.154. The Morgan fingerprint density at radius 3 is 2.79 bits per heavy atom. The van der Waals surface area contributed by atoms with Gasteiger partial charge in [-0.25, -0.2) is 0 Å². The maximum atomic E-state index is 12.2. The summed E-state index contributed by atoms with van der Waals surface area (Å²) in [6.45, 7) is 3.36. The third kappa shape index (κ3) is 1.91. The third-order valence-electron chi connectivity index (χ3n) is 5.90. The Labute approximate surface area is 114 Å². The Balaban J connectivity index is 1.59. The molecule has 4 aliphatic heterocycles. The molecule has 19 heavy (non-hydrogen) atoms. The largest absolute Gasteiger partial charge is 0.393 e. The van der Waals surface area contributed by atoms with Crippen LogP contribution < -0.4 is 0 Å². The number of aliphatic hydroxyl groups is 1. The van der Waals surface area contributed by atoms with Gasteiger partial charge < -0.3 is 10.0 Å². The van der Waals surface area contributed by atoms with Crippen molar-refractivity contribution < 1.29 is 9.90 Å². The van der Waals surface area contributed by atoms with Crippen molar-refractivity contribution in [3.63, 3.8) is 0 Å². The lowest BCUT2D eigenvalue weighted by Crippen LogP contribution is -2.65. The van der Waals surface area contributed by atoms with E-state index in [1.54, 1.807) is 0 Å². The smallest absolute Gasteiger partial charge is 0.225 e. The van der Waals surface area contributed by atoms with Crippen LogP contribution in [0.15, 0.2) is 0 Å². The molecule has 4 heterocycles. The van der Waals surface area contributed by atoms with E-state index in [2.05, 4.69) is 9.80 Å². The van der Waals surface area contributed by atoms with Gasteiger partial charge in [0.25, 0.3) is 0 Å². The van der Waals surface area contributed by atoms with Crippen LogP contribution in [-0.2, 0) is 4.79 Å². The number of rotatable bonds is 0. The minimum Gasteiger partial charge on any atom is -0.393 e. The van der Waals surface area contributed by atoms with Gasteiger partial charge in [-0.15, -0.1) is 0 Å². The molecule has 1 N–H and O–H groups in total. The molecule has 5 atom stereocenters. The normalized spacial score (nSPS) is 46.7. The first-order chi connectivity index (χ1) is 9.22. The number of fused-ring (bicyclic) bond motifs is 6. The van der Waals surface area contributed by atoms with E-state index in [0.717, 1.165) is 25.6 Å². The molecule has 4 heteroatoms. The van der Waals surface area contributed by atoms with Gasteiger partial charge in [0.15, 0.2) is 0 Å². The average Bonchev–Trinajstić information content (AvgIpc) is 2.40. The Bertz CT molecular complexity index is 386. The molecule has 106 valence electrons. The number of nitrogens with zero attached hydrogens (tertiary/aromatic N) is 2. The quantitative estimate of drug-likeness (QED) is 0.705. The highest BCUT2D eigenvalue weighted by Crippen LogP contribution is 2.42. The van der Waals surface area contributed by atoms with E-state index >= 15 is 0 Å². The van der Waals surface area contributed by atoms with Crippen molar-refractivity contribution in [1.29, 1.82) is 0 Å². The van der Waals surface area contributed by atoms with Gasteiger partial charge in [-0.3, -0.25) is 9.69 Å². The molecule has 0 aromatic heterocycles. The number of aliphatic hydroxyl groups excluding tert-OH is 1. The van der Waals surface area contributed by atoms with Gasteiger partial charge in [-0.05, 0) is 44.1 Å². The Kier molecular flexibility index (Phi) is 2.85. The van der Waals surface area contributed by atoms with Gasteiger partial charge in [0, 0.05) is 25.2 Å². The Morgan fingerprint density at radius 2 is 1.89 bits per heavy atom. The molecule has 0 radical (unpaired) electrons. The topological polar surface area (TPSA) is 43.8 Å². The minimum atomic E-state index is -0.399. The first-order valence-electron chi connectivity index (χ1n) is 7.94. The van der Waals surface area contributed by atoms with Crippen molar-refractivity contribution >= 4 is 5.91 Å². The summed E-state index contributed by atoms with van der Waals surface area (Å²) in [7, 11) is 0. The van der Waals surface area contributed by atoms with Gasteiger partial charge >= 0.3 is 0 Å². The second-order valence-electron chi connectivity index (χ2n) is 7.02. The van der Waals surface area contributed by atoms with Crippen molar-refractivity contribution in [1.82, 2.24) is 9.80 Å². The zero-order valence-corrected chi connectivity index (χ0v) is 11.5. The van der Waals surface area contributed by atoms with E-state index in [0.29, 0.717) is 24.3 Å². The van der Waals surface area contributed by atoms with E-state index in [1.165, 1.54) is 32.2 Å². The maximum Gasteiger partial charge on any atom is 0.225 e. The number of carbonyl (C=O) groups is 1. The van der Waals surface area contributed by atoms with Gasteiger partial charge in [0.05, 0.1) is 12.5 Å². The number of hydrogen-bond donors (Lipinski definition) is 1. The van der Waals surface area contributed by atoms with Crippen molar-refractivity contribution in [3.05, 3.63) is 0 Å². The van der Waals surface area contributed by atoms with Crippen molar-refractivity contribution in [2.45, 2.75) is 56.7 Å². The SMILES string of the molecule is O=C1C[C@@H](O)C[C@@H]2[C@H]3C[C@@H](CN12)[C@H]1CCCCN1C3. The lowest BCUT2D eigenvalue weighted by Gasteiger charge is -2.57. The molecule has 0 aromatic rings. The summed E-state index contributed by atoms with van der Waals surface area (Å²) >= 11 is 0. The zero-order valence-electron chi connectivity index (χ0n) is 11.5. The van der Waals surface area contributed by atoms with Crippen LogP contribution in [0.3, 0.4) is 0 Å². The minimum absolute atomic E-state index is 0.197. The first kappa shape index (κ1) is 12.2. The first-order valence-corrected chi connectivity index (χ1v) is 7.94. The lowest BCUT2D eigenvalue weighted by atomic mass is 9.70. The van der Waals surface area contributed by atoms with Gasteiger partial charge in [-0.2, -0.15) is 0 Å². The molecule has 0 unspecified atom stereocenters. The molecule has 4 nitrogen and oxygen atoms in total. The van der Waals surface area contributed by atoms with Crippen LogP contribution in [0.1, 0.15) is 38.5 Å². The fraction of sp³-hybridized carbons (Fsp3) is 0.933. The summed E-state index contributed by atoms with van der Waals surface area (Å²) in [6, 6.07) is 1.04. The van der Waals surface area contributed by atoms with E-state index in [4.69, 9.17) is 0 Å². The van der Waals surface area contributed by atoms with Crippen molar-refractivity contribution in [3.8, 4) is 0 Å². The van der Waals surface area contributed by atoms with Crippen LogP contribution in [0.25, 0.3) is 0 Å². The van der Waals surface area contributed by atoms with Crippen LogP contribution in [0.5, 0.6) is 0 Å². The maximum absolute atomic E-state index is 12.2. The monoisotopic (exact) mass is 264 g/mol. The second-order valence-corrected chi connectivity index (χ2v) is 7.02. The van der Waals surface area contributed by atoms with Crippen molar-refractivity contribution in [2.75, 3.05) is 19.6 Å². The molecule has 0 spiro atoms. The zero-order chi connectivity index (χ0) is 13.0.